The highest BCUT2D eigenvalue weighted by Gasteiger charge is 2.24. The smallest absolute Gasteiger partial charge is 0.142 e. The van der Waals surface area contributed by atoms with Crippen molar-refractivity contribution in [1.29, 1.82) is 0 Å². The maximum absolute atomic E-state index is 13.1. The van der Waals surface area contributed by atoms with Crippen molar-refractivity contribution >= 4 is 23.4 Å². The van der Waals surface area contributed by atoms with Crippen LogP contribution in [0.2, 0.25) is 0 Å². The molecule has 18 heavy (non-hydrogen) atoms. The maximum atomic E-state index is 13.1. The summed E-state index contributed by atoms with van der Waals surface area (Å²) in [6.07, 6.45) is 0. The molecule has 94 valence electrons. The van der Waals surface area contributed by atoms with Crippen LogP contribution in [0.15, 0.2) is 54.6 Å². The molecule has 0 spiro atoms. The van der Waals surface area contributed by atoms with Gasteiger partial charge in [0.2, 0.25) is 0 Å². The van der Waals surface area contributed by atoms with Gasteiger partial charge in [-0.2, -0.15) is 0 Å². The molecular weight excluding hydrogens is 241 g/mol. The van der Waals surface area contributed by atoms with Crippen LogP contribution in [-0.2, 0) is 4.57 Å². The van der Waals surface area contributed by atoms with E-state index in [0.29, 0.717) is 0 Å². The third-order valence-electron chi connectivity index (χ3n) is 3.07. The predicted octanol–water partition coefficient (Wildman–Crippen LogP) is 2.70. The van der Waals surface area contributed by atoms with Gasteiger partial charge in [-0.15, -0.1) is 0 Å². The van der Waals surface area contributed by atoms with Gasteiger partial charge in [-0.1, -0.05) is 42.5 Å². The third kappa shape index (κ3) is 2.34. The van der Waals surface area contributed by atoms with Crippen LogP contribution in [-0.4, -0.2) is 20.8 Å². The molecule has 1 unspecified atom stereocenters. The molecule has 0 saturated carbocycles. The summed E-state index contributed by atoms with van der Waals surface area (Å²) in [5.74, 6) is 0. The van der Waals surface area contributed by atoms with Crippen molar-refractivity contribution in [3.05, 3.63) is 54.6 Å². The second kappa shape index (κ2) is 4.99. The number of nitrogens with zero attached hydrogens (tertiary/aromatic N) is 1. The molecule has 3 heteroatoms. The van der Waals surface area contributed by atoms with Crippen molar-refractivity contribution in [2.45, 2.75) is 0 Å². The van der Waals surface area contributed by atoms with Crippen LogP contribution in [0, 0.1) is 0 Å². The molecular formula is C15H18NOP. The van der Waals surface area contributed by atoms with Gasteiger partial charge in [-0.3, -0.25) is 0 Å². The van der Waals surface area contributed by atoms with E-state index in [2.05, 4.69) is 0 Å². The molecule has 0 amide bonds. The van der Waals surface area contributed by atoms with Gasteiger partial charge in [0.05, 0.1) is 0 Å². The molecule has 0 N–H and O–H groups in total. The Kier molecular flexibility index (Phi) is 3.58. The first-order chi connectivity index (χ1) is 8.53. The zero-order valence-electron chi connectivity index (χ0n) is 11.0. The quantitative estimate of drug-likeness (QED) is 0.790. The van der Waals surface area contributed by atoms with E-state index in [1.807, 2.05) is 80.3 Å². The Hall–Kier alpha value is -1.53. The number of anilines is 1. The molecule has 2 rings (SSSR count). The van der Waals surface area contributed by atoms with Crippen LogP contribution in [0.25, 0.3) is 0 Å². The van der Waals surface area contributed by atoms with Crippen LogP contribution in [0.5, 0.6) is 0 Å². The minimum atomic E-state index is -2.53. The largest absolute Gasteiger partial charge is 0.377 e. The van der Waals surface area contributed by atoms with Gasteiger partial charge in [-0.25, -0.2) is 0 Å². The predicted molar refractivity (Wildman–Crippen MR) is 80.0 cm³/mol. The molecule has 0 aliphatic heterocycles. The van der Waals surface area contributed by atoms with Gasteiger partial charge in [0, 0.05) is 30.4 Å². The Labute approximate surface area is 109 Å². The van der Waals surface area contributed by atoms with Crippen molar-refractivity contribution in [2.75, 3.05) is 25.7 Å². The average molecular weight is 259 g/mol. The fourth-order valence-corrected chi connectivity index (χ4v) is 4.16. The molecule has 0 radical (unpaired) electrons. The second-order valence-corrected chi connectivity index (χ2v) is 7.49. The standard InChI is InChI=1S/C15H18NOP/c1-16(2)14-11-7-8-12-15(14)18(3,17)13-9-5-4-6-10-13/h4-12H,1-3H3. The average Bonchev–Trinajstić information content (AvgIpc) is 2.39. The Morgan fingerprint density at radius 1 is 0.889 bits per heavy atom. The van der Waals surface area contributed by atoms with Gasteiger partial charge < -0.3 is 9.46 Å². The first-order valence-corrected chi connectivity index (χ1v) is 8.09. The summed E-state index contributed by atoms with van der Waals surface area (Å²) in [5.41, 5.74) is 1.02. The van der Waals surface area contributed by atoms with Crippen LogP contribution >= 0.6 is 7.14 Å². The Morgan fingerprint density at radius 3 is 2.06 bits per heavy atom. The number of hydrogen-bond donors (Lipinski definition) is 0. The minimum absolute atomic E-state index is 0.902. The molecule has 0 aliphatic carbocycles. The summed E-state index contributed by atoms with van der Waals surface area (Å²) in [7, 11) is 1.42. The fraction of sp³-hybridized carbons (Fsp3) is 0.200. The molecule has 0 saturated heterocycles. The van der Waals surface area contributed by atoms with E-state index >= 15 is 0 Å². The number of para-hydroxylation sites is 1. The molecule has 0 aliphatic rings. The van der Waals surface area contributed by atoms with Gasteiger partial charge in [-0.05, 0) is 18.8 Å². The van der Waals surface area contributed by atoms with Crippen molar-refractivity contribution in [2.24, 2.45) is 0 Å². The summed E-state index contributed by atoms with van der Waals surface area (Å²) in [5, 5.41) is 1.82. The van der Waals surface area contributed by atoms with Gasteiger partial charge >= 0.3 is 0 Å². The van der Waals surface area contributed by atoms with Gasteiger partial charge in [0.15, 0.2) is 0 Å². The zero-order valence-corrected chi connectivity index (χ0v) is 11.9. The highest BCUT2D eigenvalue weighted by Crippen LogP contribution is 2.41. The van der Waals surface area contributed by atoms with Crippen LogP contribution in [0.1, 0.15) is 0 Å². The van der Waals surface area contributed by atoms with E-state index < -0.39 is 7.14 Å². The summed E-state index contributed by atoms with van der Waals surface area (Å²) >= 11 is 0. The van der Waals surface area contributed by atoms with Crippen LogP contribution in [0.3, 0.4) is 0 Å². The first kappa shape index (κ1) is 12.9. The molecule has 0 aromatic heterocycles. The maximum Gasteiger partial charge on any atom is 0.142 e. The molecule has 0 fully saturated rings. The van der Waals surface area contributed by atoms with E-state index in [1.165, 1.54) is 0 Å². The summed E-state index contributed by atoms with van der Waals surface area (Å²) < 4.78 is 13.1. The number of benzene rings is 2. The number of rotatable bonds is 3. The van der Waals surface area contributed by atoms with Gasteiger partial charge in [0.25, 0.3) is 0 Å². The van der Waals surface area contributed by atoms with E-state index in [1.54, 1.807) is 0 Å². The van der Waals surface area contributed by atoms with Crippen molar-refractivity contribution in [1.82, 2.24) is 0 Å². The Balaban J connectivity index is 2.58. The van der Waals surface area contributed by atoms with Crippen molar-refractivity contribution in [3.8, 4) is 0 Å². The van der Waals surface area contributed by atoms with E-state index in [-0.39, 0.29) is 0 Å². The summed E-state index contributed by atoms with van der Waals surface area (Å²) in [6.45, 7) is 1.84. The van der Waals surface area contributed by atoms with Crippen LogP contribution < -0.4 is 15.5 Å². The lowest BCUT2D eigenvalue weighted by molar-refractivity contribution is 0.590. The van der Waals surface area contributed by atoms with Crippen molar-refractivity contribution in [3.63, 3.8) is 0 Å². The van der Waals surface area contributed by atoms with Crippen LogP contribution in [0.4, 0.5) is 5.69 Å². The third-order valence-corrected chi connectivity index (χ3v) is 5.65. The monoisotopic (exact) mass is 259 g/mol. The summed E-state index contributed by atoms with van der Waals surface area (Å²) in [6, 6.07) is 17.6. The fourth-order valence-electron chi connectivity index (χ4n) is 2.05. The lowest BCUT2D eigenvalue weighted by Gasteiger charge is -2.22. The Bertz CT molecular complexity index is 578. The normalized spacial score (nSPS) is 13.9. The van der Waals surface area contributed by atoms with E-state index in [0.717, 1.165) is 16.3 Å². The van der Waals surface area contributed by atoms with Crippen molar-refractivity contribution < 1.29 is 4.57 Å². The SMILES string of the molecule is CN(C)c1ccccc1P(C)(=O)c1ccccc1. The zero-order chi connectivity index (χ0) is 13.2. The first-order valence-electron chi connectivity index (χ1n) is 5.93. The number of hydrogen-bond acceptors (Lipinski definition) is 2. The molecule has 0 heterocycles. The van der Waals surface area contributed by atoms with E-state index in [9.17, 15) is 4.57 Å². The minimum Gasteiger partial charge on any atom is -0.377 e. The molecule has 2 aromatic rings. The molecule has 0 bridgehead atoms. The summed E-state index contributed by atoms with van der Waals surface area (Å²) in [4.78, 5) is 2.01. The van der Waals surface area contributed by atoms with E-state index in [4.69, 9.17) is 0 Å². The highest BCUT2D eigenvalue weighted by molar-refractivity contribution is 7.78. The second-order valence-electron chi connectivity index (χ2n) is 4.64. The lowest BCUT2D eigenvalue weighted by atomic mass is 10.3. The van der Waals surface area contributed by atoms with Gasteiger partial charge in [0.1, 0.15) is 7.14 Å². The highest BCUT2D eigenvalue weighted by atomic mass is 31.2. The topological polar surface area (TPSA) is 20.3 Å². The molecule has 2 nitrogen and oxygen atoms in total. The molecule has 2 aromatic carbocycles. The molecule has 1 atom stereocenters. The Morgan fingerprint density at radius 2 is 1.44 bits per heavy atom. The lowest BCUT2D eigenvalue weighted by Crippen LogP contribution is -2.22.